The van der Waals surface area contributed by atoms with Crippen LogP contribution in [0.15, 0.2) is 60.7 Å². The number of carbonyl (C=O) groups is 3. The number of halogens is 4. The van der Waals surface area contributed by atoms with Crippen LogP contribution >= 0.6 is 0 Å². The van der Waals surface area contributed by atoms with Crippen molar-refractivity contribution < 1.29 is 51.6 Å². The molecule has 0 aliphatic rings. The molecule has 16 heteroatoms. The first kappa shape index (κ1) is 32.7. The van der Waals surface area contributed by atoms with Crippen molar-refractivity contribution in [2.75, 3.05) is 25.0 Å². The van der Waals surface area contributed by atoms with Crippen LogP contribution in [0.1, 0.15) is 27.5 Å². The minimum Gasteiger partial charge on any atom is -0.493 e. The van der Waals surface area contributed by atoms with Crippen molar-refractivity contribution in [3.05, 3.63) is 83.2 Å². The van der Waals surface area contributed by atoms with Crippen molar-refractivity contribution in [1.29, 1.82) is 5.41 Å². The van der Waals surface area contributed by atoms with E-state index in [1.165, 1.54) is 32.4 Å². The zero-order chi connectivity index (χ0) is 31.6. The van der Waals surface area contributed by atoms with Gasteiger partial charge in [-0.15, -0.1) is 0 Å². The topological polar surface area (TPSA) is 196 Å². The second-order valence-corrected chi connectivity index (χ2v) is 8.06. The summed E-state index contributed by atoms with van der Waals surface area (Å²) in [5, 5.41) is 26.9. The highest BCUT2D eigenvalue weighted by Gasteiger charge is 2.38. The molecule has 8 N–H and O–H groups in total. The van der Waals surface area contributed by atoms with Gasteiger partial charge in [0.2, 0.25) is 0 Å². The van der Waals surface area contributed by atoms with Gasteiger partial charge in [0.1, 0.15) is 17.7 Å². The summed E-state index contributed by atoms with van der Waals surface area (Å²) < 4.78 is 57.2. The number of carbonyl (C=O) groups excluding carboxylic acids is 1. The molecular weight excluding hydrogens is 570 g/mol. The van der Waals surface area contributed by atoms with Crippen molar-refractivity contribution >= 4 is 35.1 Å². The first-order valence-electron chi connectivity index (χ1n) is 11.5. The van der Waals surface area contributed by atoms with E-state index in [1.807, 2.05) is 0 Å². The number of nitrogens with one attached hydrogen (secondary N) is 4. The van der Waals surface area contributed by atoms with Gasteiger partial charge >= 0.3 is 18.1 Å². The average Bonchev–Trinajstić information content (AvgIpc) is 2.94. The quantitative estimate of drug-likeness (QED) is 0.0785. The van der Waals surface area contributed by atoms with Gasteiger partial charge in [0.05, 0.1) is 25.5 Å². The zero-order valence-corrected chi connectivity index (χ0v) is 21.9. The zero-order valence-electron chi connectivity index (χ0n) is 21.9. The van der Waals surface area contributed by atoms with E-state index in [0.717, 1.165) is 6.07 Å². The lowest BCUT2D eigenvalue weighted by atomic mass is 10.0. The van der Waals surface area contributed by atoms with Crippen molar-refractivity contribution in [2.24, 2.45) is 5.73 Å². The summed E-state index contributed by atoms with van der Waals surface area (Å²) in [6, 6.07) is 13.5. The highest BCUT2D eigenvalue weighted by molar-refractivity contribution is 5.96. The molecule has 1 amide bonds. The average molecular weight is 596 g/mol. The number of alkyl halides is 3. The lowest BCUT2D eigenvalue weighted by Gasteiger charge is -2.22. The monoisotopic (exact) mass is 595 g/mol. The maximum atomic E-state index is 15.1. The molecule has 3 aromatic rings. The van der Waals surface area contributed by atoms with Crippen molar-refractivity contribution in [3.63, 3.8) is 0 Å². The number of amidine groups is 1. The van der Waals surface area contributed by atoms with E-state index < -0.39 is 35.9 Å². The summed E-state index contributed by atoms with van der Waals surface area (Å²) in [5.74, 6) is -5.17. The highest BCUT2D eigenvalue weighted by atomic mass is 19.4. The molecule has 1 atom stereocenters. The Labute approximate surface area is 235 Å². The molecule has 3 rings (SSSR count). The van der Waals surface area contributed by atoms with Crippen LogP contribution in [0.3, 0.4) is 0 Å². The Morgan fingerprint density at radius 3 is 2.00 bits per heavy atom. The maximum Gasteiger partial charge on any atom is 0.490 e. The number of carboxylic acids is 2. The summed E-state index contributed by atoms with van der Waals surface area (Å²) in [7, 11) is 2.74. The largest absolute Gasteiger partial charge is 0.493 e. The van der Waals surface area contributed by atoms with Crippen molar-refractivity contribution in [3.8, 4) is 11.5 Å². The van der Waals surface area contributed by atoms with Gasteiger partial charge in [0.15, 0.2) is 11.5 Å². The number of ether oxygens (including phenoxy) is 2. The van der Waals surface area contributed by atoms with E-state index in [1.54, 1.807) is 36.4 Å². The Morgan fingerprint density at radius 1 is 0.952 bits per heavy atom. The normalized spacial score (nSPS) is 11.2. The van der Waals surface area contributed by atoms with E-state index in [0.29, 0.717) is 11.3 Å². The second kappa shape index (κ2) is 14.2. The molecule has 0 aromatic heterocycles. The summed E-state index contributed by atoms with van der Waals surface area (Å²) >= 11 is 0. The lowest BCUT2D eigenvalue weighted by Crippen LogP contribution is -2.38. The fraction of sp³-hybridized carbons (Fsp3) is 0.154. The number of amides is 1. The van der Waals surface area contributed by atoms with Crippen LogP contribution in [0, 0.1) is 11.2 Å². The SMILES string of the molecule is COc1cc(F)c(C(Nc2ccc(C(=N)N)cc2)C(=O)NNc2ccccc2C(=O)O)cc1OC.O=C(O)C(F)(F)F. The summed E-state index contributed by atoms with van der Waals surface area (Å²) in [5.41, 5.74) is 11.4. The van der Waals surface area contributed by atoms with Gasteiger partial charge in [0, 0.05) is 22.9 Å². The molecule has 0 heterocycles. The molecular formula is C26H25F4N5O7. The summed E-state index contributed by atoms with van der Waals surface area (Å²) in [4.78, 5) is 33.6. The number of nitrogens with two attached hydrogens (primary N) is 1. The van der Waals surface area contributed by atoms with Gasteiger partial charge in [-0.05, 0) is 42.5 Å². The van der Waals surface area contributed by atoms with Gasteiger partial charge < -0.3 is 30.7 Å². The van der Waals surface area contributed by atoms with Crippen molar-refractivity contribution in [2.45, 2.75) is 12.2 Å². The van der Waals surface area contributed by atoms with Crippen LogP contribution in [0.5, 0.6) is 11.5 Å². The van der Waals surface area contributed by atoms with E-state index >= 15 is 4.39 Å². The van der Waals surface area contributed by atoms with E-state index in [-0.39, 0.29) is 34.1 Å². The Morgan fingerprint density at radius 2 is 1.50 bits per heavy atom. The number of aromatic carboxylic acids is 1. The van der Waals surface area contributed by atoms with Crippen molar-refractivity contribution in [1.82, 2.24) is 5.43 Å². The van der Waals surface area contributed by atoms with Gasteiger partial charge in [0.25, 0.3) is 5.91 Å². The molecule has 0 radical (unpaired) electrons. The number of para-hydroxylation sites is 1. The number of aliphatic carboxylic acids is 1. The van der Waals surface area contributed by atoms with Crippen LogP contribution in [0.4, 0.5) is 28.9 Å². The van der Waals surface area contributed by atoms with Gasteiger partial charge in [-0.25, -0.2) is 14.0 Å². The second-order valence-electron chi connectivity index (χ2n) is 8.06. The summed E-state index contributed by atoms with van der Waals surface area (Å²) in [6.07, 6.45) is -5.08. The number of nitrogen functional groups attached to an aromatic ring is 1. The van der Waals surface area contributed by atoms with Crippen LogP contribution < -0.4 is 31.4 Å². The van der Waals surface area contributed by atoms with Gasteiger partial charge in [-0.2, -0.15) is 13.2 Å². The van der Waals surface area contributed by atoms with Crippen LogP contribution in [0.2, 0.25) is 0 Å². The molecule has 0 saturated heterocycles. The number of benzene rings is 3. The number of rotatable bonds is 10. The Hall–Kier alpha value is -5.54. The summed E-state index contributed by atoms with van der Waals surface area (Å²) in [6.45, 7) is 0. The molecule has 42 heavy (non-hydrogen) atoms. The molecule has 0 aliphatic carbocycles. The number of methoxy groups -OCH3 is 2. The predicted octanol–water partition coefficient (Wildman–Crippen LogP) is 3.75. The number of carboxylic acid groups (broad SMARTS) is 2. The molecule has 0 spiro atoms. The Bertz CT molecular complexity index is 1450. The standard InChI is InChI=1S/C24H24FN5O5.C2HF3O2/c1-34-19-11-16(17(25)12-20(19)35-2)21(28-14-9-7-13(8-10-14)22(26)27)23(31)30-29-18-6-4-3-5-15(18)24(32)33;3-2(4,5)1(6)7/h3-12,21,28-29H,1-2H3,(H3,26,27)(H,30,31)(H,32,33);(H,6,7). The molecule has 1 unspecified atom stereocenters. The smallest absolute Gasteiger partial charge is 0.490 e. The van der Waals surface area contributed by atoms with Crippen LogP contribution in [0.25, 0.3) is 0 Å². The minimum atomic E-state index is -5.08. The fourth-order valence-electron chi connectivity index (χ4n) is 3.27. The first-order chi connectivity index (χ1) is 19.7. The third-order valence-electron chi connectivity index (χ3n) is 5.30. The van der Waals surface area contributed by atoms with E-state index in [4.69, 9.17) is 30.5 Å². The third kappa shape index (κ3) is 8.73. The fourth-order valence-corrected chi connectivity index (χ4v) is 3.27. The molecule has 0 bridgehead atoms. The van der Waals surface area contributed by atoms with Gasteiger partial charge in [-0.1, -0.05) is 12.1 Å². The molecule has 12 nitrogen and oxygen atoms in total. The Balaban J connectivity index is 0.000000782. The van der Waals surface area contributed by atoms with E-state index in [2.05, 4.69) is 16.2 Å². The first-order valence-corrected chi connectivity index (χ1v) is 11.5. The number of hydrazine groups is 1. The molecule has 3 aromatic carbocycles. The number of anilines is 2. The van der Waals surface area contributed by atoms with Crippen LogP contribution in [-0.2, 0) is 9.59 Å². The highest BCUT2D eigenvalue weighted by Crippen LogP contribution is 2.34. The molecule has 0 saturated carbocycles. The predicted molar refractivity (Wildman–Crippen MR) is 142 cm³/mol. The van der Waals surface area contributed by atoms with E-state index in [9.17, 15) is 27.9 Å². The minimum absolute atomic E-state index is 0.0517. The number of hydrogen-bond donors (Lipinski definition) is 7. The molecule has 0 fully saturated rings. The molecule has 224 valence electrons. The lowest BCUT2D eigenvalue weighted by molar-refractivity contribution is -0.192. The maximum absolute atomic E-state index is 15.1. The van der Waals surface area contributed by atoms with Crippen LogP contribution in [-0.4, -0.2) is 54.3 Å². The number of hydrogen-bond acceptors (Lipinski definition) is 8. The Kier molecular flexibility index (Phi) is 11.0. The third-order valence-corrected chi connectivity index (χ3v) is 5.30. The molecule has 0 aliphatic heterocycles. The van der Waals surface area contributed by atoms with Gasteiger partial charge in [-0.3, -0.25) is 21.1 Å².